The average molecular weight is 309 g/mol. The number of rotatable bonds is 4. The molecule has 7 heteroatoms. The van der Waals surface area contributed by atoms with Gasteiger partial charge < -0.3 is 15.3 Å². The van der Waals surface area contributed by atoms with Gasteiger partial charge in [0.15, 0.2) is 5.13 Å². The molecule has 1 atom stereocenters. The van der Waals surface area contributed by atoms with E-state index < -0.39 is 11.9 Å². The van der Waals surface area contributed by atoms with Crippen molar-refractivity contribution in [2.75, 3.05) is 25.0 Å². The van der Waals surface area contributed by atoms with Gasteiger partial charge in [-0.3, -0.25) is 9.59 Å². The zero-order valence-corrected chi connectivity index (χ0v) is 12.6. The summed E-state index contributed by atoms with van der Waals surface area (Å²) in [6, 6.07) is 0. The molecule has 2 N–H and O–H groups in total. The van der Waals surface area contributed by atoms with Crippen molar-refractivity contribution in [3.8, 4) is 0 Å². The lowest BCUT2D eigenvalue weighted by atomic mass is 10.1. The van der Waals surface area contributed by atoms with E-state index in [0.717, 1.165) is 37.2 Å². The first-order chi connectivity index (χ1) is 10.1. The van der Waals surface area contributed by atoms with E-state index >= 15 is 0 Å². The Morgan fingerprint density at radius 3 is 2.81 bits per heavy atom. The van der Waals surface area contributed by atoms with Crippen LogP contribution < -0.4 is 5.32 Å². The summed E-state index contributed by atoms with van der Waals surface area (Å²) in [5.41, 5.74) is 0.681. The van der Waals surface area contributed by atoms with Crippen LogP contribution in [0.2, 0.25) is 0 Å². The SMILES string of the molecule is O=C(O)C1CCc2sc(NCC(=O)N3CCCCC3)nc21. The van der Waals surface area contributed by atoms with Gasteiger partial charge in [0.05, 0.1) is 12.2 Å². The number of carboxylic acids is 1. The molecule has 0 bridgehead atoms. The number of hydrogen-bond donors (Lipinski definition) is 2. The molecule has 1 aliphatic heterocycles. The van der Waals surface area contributed by atoms with Crippen molar-refractivity contribution in [3.63, 3.8) is 0 Å². The minimum absolute atomic E-state index is 0.0971. The zero-order chi connectivity index (χ0) is 14.8. The highest BCUT2D eigenvalue weighted by Crippen LogP contribution is 2.38. The number of fused-ring (bicyclic) bond motifs is 1. The number of nitrogens with zero attached hydrogens (tertiary/aromatic N) is 2. The summed E-state index contributed by atoms with van der Waals surface area (Å²) in [7, 11) is 0. The number of aliphatic carboxylic acids is 1. The monoisotopic (exact) mass is 309 g/mol. The molecule has 1 aromatic rings. The maximum absolute atomic E-state index is 12.1. The van der Waals surface area contributed by atoms with Crippen molar-refractivity contribution in [2.24, 2.45) is 0 Å². The molecule has 1 unspecified atom stereocenters. The molecule has 3 rings (SSSR count). The number of thiazole rings is 1. The highest BCUT2D eigenvalue weighted by Gasteiger charge is 2.32. The second kappa shape index (κ2) is 6.01. The smallest absolute Gasteiger partial charge is 0.312 e. The van der Waals surface area contributed by atoms with Gasteiger partial charge in [-0.05, 0) is 32.1 Å². The normalized spacial score (nSPS) is 21.1. The predicted molar refractivity (Wildman–Crippen MR) is 79.7 cm³/mol. The Bertz CT molecular complexity index is 552. The van der Waals surface area contributed by atoms with Crippen molar-refractivity contribution < 1.29 is 14.7 Å². The number of nitrogens with one attached hydrogen (secondary N) is 1. The number of aryl methyl sites for hydroxylation is 1. The van der Waals surface area contributed by atoms with Crippen LogP contribution in [0.4, 0.5) is 5.13 Å². The highest BCUT2D eigenvalue weighted by atomic mass is 32.1. The molecule has 114 valence electrons. The van der Waals surface area contributed by atoms with Gasteiger partial charge in [-0.1, -0.05) is 0 Å². The lowest BCUT2D eigenvalue weighted by molar-refractivity contribution is -0.138. The second-order valence-corrected chi connectivity index (χ2v) is 6.64. The largest absolute Gasteiger partial charge is 0.481 e. The molecule has 0 spiro atoms. The molecule has 2 aliphatic rings. The topological polar surface area (TPSA) is 82.5 Å². The molecule has 21 heavy (non-hydrogen) atoms. The summed E-state index contributed by atoms with van der Waals surface area (Å²) in [6.45, 7) is 1.93. The number of anilines is 1. The van der Waals surface area contributed by atoms with Crippen molar-refractivity contribution in [1.82, 2.24) is 9.88 Å². The second-order valence-electron chi connectivity index (χ2n) is 5.55. The first-order valence-corrected chi connectivity index (χ1v) is 8.21. The standard InChI is InChI=1S/C14H19N3O3S/c18-11(17-6-2-1-3-7-17)8-15-14-16-12-9(13(19)20)4-5-10(12)21-14/h9H,1-8H2,(H,15,16)(H,19,20). The summed E-state index contributed by atoms with van der Waals surface area (Å²) in [5, 5.41) is 12.9. The lowest BCUT2D eigenvalue weighted by Gasteiger charge is -2.26. The van der Waals surface area contributed by atoms with Crippen LogP contribution in [0.3, 0.4) is 0 Å². The van der Waals surface area contributed by atoms with Crippen LogP contribution in [0.25, 0.3) is 0 Å². The fraction of sp³-hybridized carbons (Fsp3) is 0.643. The maximum atomic E-state index is 12.1. The highest BCUT2D eigenvalue weighted by molar-refractivity contribution is 7.15. The number of carboxylic acid groups (broad SMARTS) is 1. The van der Waals surface area contributed by atoms with Crippen molar-refractivity contribution in [1.29, 1.82) is 0 Å². The van der Waals surface area contributed by atoms with Crippen LogP contribution in [0.15, 0.2) is 0 Å². The predicted octanol–water partition coefficient (Wildman–Crippen LogP) is 1.68. The number of likely N-dealkylation sites (tertiary alicyclic amines) is 1. The Balaban J connectivity index is 1.58. The molecule has 0 radical (unpaired) electrons. The number of hydrogen-bond acceptors (Lipinski definition) is 5. The quantitative estimate of drug-likeness (QED) is 0.884. The third kappa shape index (κ3) is 3.02. The summed E-state index contributed by atoms with van der Waals surface area (Å²) in [5.74, 6) is -1.19. The fourth-order valence-corrected chi connectivity index (χ4v) is 3.98. The third-order valence-electron chi connectivity index (χ3n) is 4.12. The molecule has 1 saturated heterocycles. The van der Waals surface area contributed by atoms with Crippen LogP contribution >= 0.6 is 11.3 Å². The van der Waals surface area contributed by atoms with E-state index in [2.05, 4.69) is 10.3 Å². The molecular formula is C14H19N3O3S. The molecular weight excluding hydrogens is 290 g/mol. The van der Waals surface area contributed by atoms with E-state index in [1.807, 2.05) is 4.90 Å². The van der Waals surface area contributed by atoms with E-state index in [1.165, 1.54) is 17.8 Å². The van der Waals surface area contributed by atoms with Gasteiger partial charge in [0, 0.05) is 18.0 Å². The summed E-state index contributed by atoms with van der Waals surface area (Å²) < 4.78 is 0. The zero-order valence-electron chi connectivity index (χ0n) is 11.8. The van der Waals surface area contributed by atoms with Gasteiger partial charge >= 0.3 is 5.97 Å². The summed E-state index contributed by atoms with van der Waals surface area (Å²) in [6.07, 6.45) is 4.77. The Hall–Kier alpha value is -1.63. The van der Waals surface area contributed by atoms with Crippen LogP contribution in [0.1, 0.15) is 42.2 Å². The average Bonchev–Trinajstić information content (AvgIpc) is 3.05. The number of carbonyl (C=O) groups is 2. The fourth-order valence-electron chi connectivity index (χ4n) is 2.95. The van der Waals surface area contributed by atoms with Gasteiger partial charge in [-0.25, -0.2) is 4.98 Å². The molecule has 1 aromatic heterocycles. The van der Waals surface area contributed by atoms with Crippen molar-refractivity contribution >= 4 is 28.3 Å². The first-order valence-electron chi connectivity index (χ1n) is 7.39. The number of aromatic nitrogens is 1. The summed E-state index contributed by atoms with van der Waals surface area (Å²) >= 11 is 1.48. The lowest BCUT2D eigenvalue weighted by Crippen LogP contribution is -2.39. The van der Waals surface area contributed by atoms with Gasteiger partial charge in [-0.2, -0.15) is 0 Å². The first kappa shape index (κ1) is 14.3. The van der Waals surface area contributed by atoms with Crippen LogP contribution in [0.5, 0.6) is 0 Å². The molecule has 1 amide bonds. The van der Waals surface area contributed by atoms with E-state index in [9.17, 15) is 9.59 Å². The third-order valence-corrected chi connectivity index (χ3v) is 5.20. The number of piperidine rings is 1. The molecule has 6 nitrogen and oxygen atoms in total. The molecule has 1 aliphatic carbocycles. The van der Waals surface area contributed by atoms with Crippen LogP contribution in [-0.2, 0) is 16.0 Å². The summed E-state index contributed by atoms with van der Waals surface area (Å²) in [4.78, 5) is 30.5. The number of carbonyl (C=O) groups excluding carboxylic acids is 1. The van der Waals surface area contributed by atoms with Crippen LogP contribution in [0, 0.1) is 0 Å². The van der Waals surface area contributed by atoms with E-state index in [0.29, 0.717) is 17.2 Å². The molecule has 0 aromatic carbocycles. The Labute approximate surface area is 127 Å². The van der Waals surface area contributed by atoms with Crippen LogP contribution in [-0.4, -0.2) is 46.5 Å². The molecule has 0 saturated carbocycles. The molecule has 2 heterocycles. The Morgan fingerprint density at radius 2 is 2.10 bits per heavy atom. The number of amides is 1. The van der Waals surface area contributed by atoms with E-state index in [1.54, 1.807) is 0 Å². The Kier molecular flexibility index (Phi) is 4.10. The van der Waals surface area contributed by atoms with E-state index in [4.69, 9.17) is 5.11 Å². The van der Waals surface area contributed by atoms with Gasteiger partial charge in [0.2, 0.25) is 5.91 Å². The van der Waals surface area contributed by atoms with Crippen molar-refractivity contribution in [3.05, 3.63) is 10.6 Å². The maximum Gasteiger partial charge on any atom is 0.312 e. The van der Waals surface area contributed by atoms with Gasteiger partial charge in [-0.15, -0.1) is 11.3 Å². The minimum atomic E-state index is -0.810. The van der Waals surface area contributed by atoms with Gasteiger partial charge in [0.1, 0.15) is 5.92 Å². The molecule has 1 fully saturated rings. The van der Waals surface area contributed by atoms with Crippen molar-refractivity contribution in [2.45, 2.75) is 38.0 Å². The van der Waals surface area contributed by atoms with Gasteiger partial charge in [0.25, 0.3) is 0 Å². The minimum Gasteiger partial charge on any atom is -0.481 e. The Morgan fingerprint density at radius 1 is 1.33 bits per heavy atom. The van der Waals surface area contributed by atoms with E-state index in [-0.39, 0.29) is 12.5 Å².